The van der Waals surface area contributed by atoms with Crippen molar-refractivity contribution in [1.82, 2.24) is 19.3 Å². The van der Waals surface area contributed by atoms with Crippen molar-refractivity contribution in [1.29, 1.82) is 0 Å². The molecule has 3 N–H and O–H groups in total. The first-order valence-corrected chi connectivity index (χ1v) is 6.06. The summed E-state index contributed by atoms with van der Waals surface area (Å²) in [4.78, 5) is 35.7. The van der Waals surface area contributed by atoms with E-state index < -0.39 is 17.2 Å². The van der Waals surface area contributed by atoms with Gasteiger partial charge in [0.05, 0.1) is 11.0 Å². The second-order valence-electron chi connectivity index (χ2n) is 4.54. The quantitative estimate of drug-likeness (QED) is 0.595. The number of imidazole rings is 1. The smallest absolute Gasteiger partial charge is 0.336 e. The minimum atomic E-state index is -0.632. The van der Waals surface area contributed by atoms with Crippen LogP contribution in [0.1, 0.15) is 10.5 Å². The van der Waals surface area contributed by atoms with Crippen LogP contribution in [-0.2, 0) is 7.05 Å². The van der Waals surface area contributed by atoms with Gasteiger partial charge in [-0.05, 0) is 24.3 Å². The highest BCUT2D eigenvalue weighted by molar-refractivity contribution is 6.00. The van der Waals surface area contributed by atoms with Crippen molar-refractivity contribution < 1.29 is 4.79 Å². The lowest BCUT2D eigenvalue weighted by Gasteiger charge is -2.01. The Balaban J connectivity index is 2.29. The normalized spacial score (nSPS) is 10.9. The van der Waals surface area contributed by atoms with Crippen LogP contribution in [0.5, 0.6) is 0 Å². The molecule has 0 atom stereocenters. The van der Waals surface area contributed by atoms with Gasteiger partial charge in [-0.15, -0.1) is 0 Å². The van der Waals surface area contributed by atoms with Crippen LogP contribution in [0.3, 0.4) is 0 Å². The molecule has 1 aromatic carbocycles. The van der Waals surface area contributed by atoms with Gasteiger partial charge in [0.25, 0.3) is 11.5 Å². The Morgan fingerprint density at radius 1 is 1.19 bits per heavy atom. The lowest BCUT2D eigenvalue weighted by atomic mass is 10.2. The van der Waals surface area contributed by atoms with E-state index in [1.165, 1.54) is 16.7 Å². The highest BCUT2D eigenvalue weighted by Gasteiger charge is 2.19. The number of carbonyl (C=O) groups is 1. The van der Waals surface area contributed by atoms with Gasteiger partial charge < -0.3 is 5.73 Å². The van der Waals surface area contributed by atoms with E-state index in [0.717, 1.165) is 4.57 Å². The molecule has 2 aromatic heterocycles. The predicted octanol–water partition coefficient (Wildman–Crippen LogP) is -0.306. The molecule has 8 heteroatoms. The van der Waals surface area contributed by atoms with E-state index in [0.29, 0.717) is 16.7 Å². The summed E-state index contributed by atoms with van der Waals surface area (Å²) in [5.41, 5.74) is 6.14. The highest BCUT2D eigenvalue weighted by Crippen LogP contribution is 2.16. The maximum absolute atomic E-state index is 12.4. The van der Waals surface area contributed by atoms with Crippen molar-refractivity contribution in [2.24, 2.45) is 7.05 Å². The van der Waals surface area contributed by atoms with Crippen LogP contribution < -0.4 is 17.0 Å². The molecule has 0 aliphatic carbocycles. The number of rotatable bonds is 1. The van der Waals surface area contributed by atoms with Crippen LogP contribution in [0.15, 0.2) is 39.9 Å². The molecule has 0 aliphatic heterocycles. The Kier molecular flexibility index (Phi) is 2.72. The monoisotopic (exact) mass is 285 g/mol. The third kappa shape index (κ3) is 1.93. The molecule has 8 nitrogen and oxygen atoms in total. The van der Waals surface area contributed by atoms with Crippen LogP contribution in [0.25, 0.3) is 11.0 Å². The summed E-state index contributed by atoms with van der Waals surface area (Å²) in [5.74, 6) is -0.632. The summed E-state index contributed by atoms with van der Waals surface area (Å²) in [7, 11) is 1.56. The fraction of sp³-hybridized carbons (Fsp3) is 0.0769. The van der Waals surface area contributed by atoms with E-state index in [1.54, 1.807) is 25.2 Å². The minimum absolute atomic E-state index is 0.0355. The molecule has 0 unspecified atom stereocenters. The molecule has 0 spiro atoms. The number of nitrogens with zero attached hydrogens (tertiary/aromatic N) is 3. The van der Waals surface area contributed by atoms with Gasteiger partial charge in [-0.1, -0.05) is 0 Å². The third-order valence-corrected chi connectivity index (χ3v) is 3.18. The molecule has 0 aliphatic rings. The SMILES string of the molecule is Cn1c(=O)n(C(=O)c2ccc(=O)[nH]n2)c2cc(N)ccc21. The molecular weight excluding hydrogens is 274 g/mol. The predicted molar refractivity (Wildman–Crippen MR) is 76.2 cm³/mol. The van der Waals surface area contributed by atoms with Crippen molar-refractivity contribution >= 4 is 22.6 Å². The number of carbonyl (C=O) groups excluding carboxylic acids is 1. The van der Waals surface area contributed by atoms with E-state index in [4.69, 9.17) is 5.73 Å². The van der Waals surface area contributed by atoms with Crippen LogP contribution in [0.4, 0.5) is 5.69 Å². The number of nitrogens with two attached hydrogens (primary N) is 1. The molecule has 0 saturated carbocycles. The van der Waals surface area contributed by atoms with E-state index in [-0.39, 0.29) is 5.69 Å². The molecular formula is C13H11N5O3. The van der Waals surface area contributed by atoms with Crippen molar-refractivity contribution in [2.75, 3.05) is 5.73 Å². The number of nitrogens with one attached hydrogen (secondary N) is 1. The molecule has 3 aromatic rings. The van der Waals surface area contributed by atoms with Crippen LogP contribution >= 0.6 is 0 Å². The average Bonchev–Trinajstić information content (AvgIpc) is 2.70. The van der Waals surface area contributed by atoms with E-state index in [2.05, 4.69) is 10.2 Å². The van der Waals surface area contributed by atoms with E-state index in [9.17, 15) is 14.4 Å². The standard InChI is InChI=1S/C13H11N5O3/c1-17-9-4-2-7(14)6-10(9)18(13(17)21)12(20)8-3-5-11(19)16-15-8/h2-6H,14H2,1H3,(H,16,19). The van der Waals surface area contributed by atoms with E-state index >= 15 is 0 Å². The molecule has 0 radical (unpaired) electrons. The first-order chi connectivity index (χ1) is 9.99. The van der Waals surface area contributed by atoms with Crippen molar-refractivity contribution in [2.45, 2.75) is 0 Å². The highest BCUT2D eigenvalue weighted by atomic mass is 16.2. The Hall–Kier alpha value is -3.16. The zero-order valence-corrected chi connectivity index (χ0v) is 11.0. The Bertz CT molecular complexity index is 959. The van der Waals surface area contributed by atoms with Gasteiger partial charge in [0, 0.05) is 18.8 Å². The van der Waals surface area contributed by atoms with Crippen molar-refractivity contribution in [3.63, 3.8) is 0 Å². The van der Waals surface area contributed by atoms with Gasteiger partial charge in [-0.2, -0.15) is 5.10 Å². The second-order valence-corrected chi connectivity index (χ2v) is 4.54. The van der Waals surface area contributed by atoms with Crippen LogP contribution in [0.2, 0.25) is 0 Å². The van der Waals surface area contributed by atoms with Gasteiger partial charge in [-0.3, -0.25) is 14.2 Å². The number of hydrogen-bond donors (Lipinski definition) is 2. The molecule has 0 amide bonds. The number of H-pyrrole nitrogens is 1. The maximum atomic E-state index is 12.4. The average molecular weight is 285 g/mol. The van der Waals surface area contributed by atoms with Gasteiger partial charge >= 0.3 is 5.69 Å². The number of nitrogen functional groups attached to an aromatic ring is 1. The van der Waals surface area contributed by atoms with Gasteiger partial charge in [0.2, 0.25) is 0 Å². The number of fused-ring (bicyclic) bond motifs is 1. The fourth-order valence-corrected chi connectivity index (χ4v) is 2.13. The lowest BCUT2D eigenvalue weighted by Crippen LogP contribution is -2.29. The van der Waals surface area contributed by atoms with E-state index in [1.807, 2.05) is 0 Å². The number of anilines is 1. The number of aryl methyl sites for hydroxylation is 1. The number of aromatic amines is 1. The summed E-state index contributed by atoms with van der Waals surface area (Å²) in [6.07, 6.45) is 0. The summed E-state index contributed by atoms with van der Waals surface area (Å²) >= 11 is 0. The Morgan fingerprint density at radius 3 is 2.62 bits per heavy atom. The van der Waals surface area contributed by atoms with Crippen molar-refractivity contribution in [3.8, 4) is 0 Å². The Labute approximate surface area is 117 Å². The van der Waals surface area contributed by atoms with Crippen LogP contribution in [-0.4, -0.2) is 25.2 Å². The number of benzene rings is 1. The van der Waals surface area contributed by atoms with Gasteiger partial charge in [0.15, 0.2) is 0 Å². The Morgan fingerprint density at radius 2 is 1.95 bits per heavy atom. The minimum Gasteiger partial charge on any atom is -0.399 e. The number of aromatic nitrogens is 4. The fourth-order valence-electron chi connectivity index (χ4n) is 2.13. The maximum Gasteiger partial charge on any atom is 0.336 e. The zero-order chi connectivity index (χ0) is 15.1. The van der Waals surface area contributed by atoms with Gasteiger partial charge in [0.1, 0.15) is 5.69 Å². The largest absolute Gasteiger partial charge is 0.399 e. The van der Waals surface area contributed by atoms with Gasteiger partial charge in [-0.25, -0.2) is 14.5 Å². The summed E-state index contributed by atoms with van der Waals surface area (Å²) in [6.45, 7) is 0. The molecule has 0 bridgehead atoms. The summed E-state index contributed by atoms with van der Waals surface area (Å²) < 4.78 is 2.32. The molecule has 21 heavy (non-hydrogen) atoms. The topological polar surface area (TPSA) is 116 Å². The molecule has 0 fully saturated rings. The third-order valence-electron chi connectivity index (χ3n) is 3.18. The lowest BCUT2D eigenvalue weighted by molar-refractivity contribution is 0.0954. The second kappa shape index (κ2) is 4.44. The van der Waals surface area contributed by atoms with Crippen molar-refractivity contribution in [3.05, 3.63) is 56.9 Å². The molecule has 0 saturated heterocycles. The molecule has 106 valence electrons. The molecule has 3 rings (SSSR count). The number of hydrogen-bond acceptors (Lipinski definition) is 5. The first-order valence-electron chi connectivity index (χ1n) is 6.06. The summed E-state index contributed by atoms with van der Waals surface area (Å²) in [5, 5.41) is 5.81. The summed E-state index contributed by atoms with van der Waals surface area (Å²) in [6, 6.07) is 7.29. The molecule has 2 heterocycles. The zero-order valence-electron chi connectivity index (χ0n) is 11.0. The first kappa shape index (κ1) is 12.9. The van der Waals surface area contributed by atoms with Crippen LogP contribution in [0, 0.1) is 0 Å².